The van der Waals surface area contributed by atoms with Crippen LogP contribution in [0.1, 0.15) is 22.8 Å². The Kier molecular flexibility index (Phi) is 6.32. The van der Waals surface area contributed by atoms with Gasteiger partial charge in [-0.3, -0.25) is 9.59 Å². The highest BCUT2D eigenvalue weighted by Crippen LogP contribution is 2.35. The van der Waals surface area contributed by atoms with Gasteiger partial charge in [0.2, 0.25) is 0 Å². The van der Waals surface area contributed by atoms with Crippen LogP contribution in [0, 0.1) is 0 Å². The van der Waals surface area contributed by atoms with Crippen molar-refractivity contribution in [2.75, 3.05) is 6.61 Å². The van der Waals surface area contributed by atoms with E-state index in [0.717, 1.165) is 11.6 Å². The first-order chi connectivity index (χ1) is 14.4. The van der Waals surface area contributed by atoms with Crippen LogP contribution >= 0.6 is 0 Å². The summed E-state index contributed by atoms with van der Waals surface area (Å²) >= 11 is 0. The highest BCUT2D eigenvalue weighted by Gasteiger charge is 2.21. The van der Waals surface area contributed by atoms with Gasteiger partial charge in [-0.15, -0.1) is 0 Å². The SMILES string of the molecule is CC(=O)[C@@H](Cc1ccccc1)NC(=O)COC(=O)c1cc(O)c2ccccc2c1O. The highest BCUT2D eigenvalue weighted by molar-refractivity contribution is 6.04. The third-order valence-electron chi connectivity index (χ3n) is 4.66. The Hall–Kier alpha value is -3.87. The van der Waals surface area contributed by atoms with Crippen molar-refractivity contribution in [3.8, 4) is 11.5 Å². The zero-order valence-corrected chi connectivity index (χ0v) is 16.3. The van der Waals surface area contributed by atoms with Crippen LogP contribution in [0.15, 0.2) is 60.7 Å². The average molecular weight is 407 g/mol. The number of benzene rings is 3. The van der Waals surface area contributed by atoms with Crippen molar-refractivity contribution >= 4 is 28.4 Å². The van der Waals surface area contributed by atoms with E-state index in [0.29, 0.717) is 11.8 Å². The van der Waals surface area contributed by atoms with E-state index in [4.69, 9.17) is 4.74 Å². The number of carbonyl (C=O) groups is 3. The largest absolute Gasteiger partial charge is 0.507 e. The minimum Gasteiger partial charge on any atom is -0.507 e. The second-order valence-electron chi connectivity index (χ2n) is 6.83. The van der Waals surface area contributed by atoms with Gasteiger partial charge in [-0.1, -0.05) is 54.6 Å². The molecule has 0 aliphatic heterocycles. The summed E-state index contributed by atoms with van der Waals surface area (Å²) in [5, 5.41) is 23.6. The van der Waals surface area contributed by atoms with Crippen molar-refractivity contribution in [1.82, 2.24) is 5.32 Å². The molecule has 3 aromatic rings. The van der Waals surface area contributed by atoms with Crippen molar-refractivity contribution < 1.29 is 29.3 Å². The molecule has 1 amide bonds. The minimum absolute atomic E-state index is 0.195. The summed E-state index contributed by atoms with van der Waals surface area (Å²) in [5.41, 5.74) is 0.623. The maximum atomic E-state index is 12.3. The molecular formula is C23H21NO6. The number of phenolic OH excluding ortho intramolecular Hbond substituents is 2. The molecule has 1 atom stereocenters. The number of fused-ring (bicyclic) bond motifs is 1. The number of ether oxygens (including phenoxy) is 1. The maximum absolute atomic E-state index is 12.3. The summed E-state index contributed by atoms with van der Waals surface area (Å²) in [6.45, 7) is 0.736. The first-order valence-electron chi connectivity index (χ1n) is 9.31. The lowest BCUT2D eigenvalue weighted by Crippen LogP contribution is -2.43. The summed E-state index contributed by atoms with van der Waals surface area (Å²) in [6.07, 6.45) is 0.315. The summed E-state index contributed by atoms with van der Waals surface area (Å²) in [4.78, 5) is 36.4. The predicted molar refractivity (Wildman–Crippen MR) is 110 cm³/mol. The van der Waals surface area contributed by atoms with Gasteiger partial charge in [0.15, 0.2) is 12.4 Å². The number of hydrogen-bond acceptors (Lipinski definition) is 6. The Morgan fingerprint density at radius 2 is 1.60 bits per heavy atom. The summed E-state index contributed by atoms with van der Waals surface area (Å²) in [7, 11) is 0. The molecule has 0 bridgehead atoms. The molecular weight excluding hydrogens is 386 g/mol. The first-order valence-corrected chi connectivity index (χ1v) is 9.31. The molecule has 7 nitrogen and oxygen atoms in total. The smallest absolute Gasteiger partial charge is 0.342 e. The quantitative estimate of drug-likeness (QED) is 0.410. The van der Waals surface area contributed by atoms with Crippen LogP contribution in [-0.4, -0.2) is 40.5 Å². The molecule has 0 heterocycles. The number of hydrogen-bond donors (Lipinski definition) is 3. The normalized spacial score (nSPS) is 11.6. The third kappa shape index (κ3) is 4.75. The van der Waals surface area contributed by atoms with E-state index in [1.165, 1.54) is 6.92 Å². The van der Waals surface area contributed by atoms with Crippen LogP contribution in [0.25, 0.3) is 10.8 Å². The Morgan fingerprint density at radius 1 is 0.967 bits per heavy atom. The fraction of sp³-hybridized carbons (Fsp3) is 0.174. The molecule has 0 aliphatic rings. The van der Waals surface area contributed by atoms with E-state index in [9.17, 15) is 24.6 Å². The first kappa shape index (κ1) is 20.9. The molecule has 3 N–H and O–H groups in total. The van der Waals surface area contributed by atoms with Crippen LogP contribution in [-0.2, 0) is 20.7 Å². The molecule has 0 aliphatic carbocycles. The second-order valence-corrected chi connectivity index (χ2v) is 6.83. The number of esters is 1. The number of nitrogens with one attached hydrogen (secondary N) is 1. The lowest BCUT2D eigenvalue weighted by atomic mass is 10.0. The predicted octanol–water partition coefficient (Wildman–Crippen LogP) is 2.72. The number of aromatic hydroxyl groups is 2. The number of Topliss-reactive ketones (excluding diaryl/α,β-unsaturated/α-hetero) is 1. The standard InChI is InChI=1S/C23H21NO6/c1-14(25)19(11-15-7-3-2-4-8-15)24-21(27)13-30-23(29)18-12-20(26)16-9-5-6-10-17(16)22(18)28/h2-10,12,19,26,28H,11,13H2,1H3,(H,24,27)/t19-/m1/s1. The monoisotopic (exact) mass is 407 g/mol. The van der Waals surface area contributed by atoms with E-state index in [1.807, 2.05) is 30.3 Å². The maximum Gasteiger partial charge on any atom is 0.342 e. The van der Waals surface area contributed by atoms with Crippen LogP contribution in [0.2, 0.25) is 0 Å². The lowest BCUT2D eigenvalue weighted by Gasteiger charge is -2.16. The summed E-state index contributed by atoms with van der Waals surface area (Å²) in [6, 6.07) is 16.0. The molecule has 154 valence electrons. The van der Waals surface area contributed by atoms with Gasteiger partial charge in [-0.05, 0) is 25.0 Å². The van der Waals surface area contributed by atoms with Crippen molar-refractivity contribution in [1.29, 1.82) is 0 Å². The molecule has 0 saturated heterocycles. The highest BCUT2D eigenvalue weighted by atomic mass is 16.5. The Bertz CT molecular complexity index is 1090. The number of ketones is 1. The summed E-state index contributed by atoms with van der Waals surface area (Å²) < 4.78 is 4.97. The van der Waals surface area contributed by atoms with Gasteiger partial charge in [0.25, 0.3) is 5.91 Å². The molecule has 0 spiro atoms. The zero-order chi connectivity index (χ0) is 21.7. The number of phenols is 2. The van der Waals surface area contributed by atoms with Gasteiger partial charge in [-0.25, -0.2) is 4.79 Å². The lowest BCUT2D eigenvalue weighted by molar-refractivity contribution is -0.128. The minimum atomic E-state index is -0.967. The molecule has 0 radical (unpaired) electrons. The van der Waals surface area contributed by atoms with Gasteiger partial charge in [0.05, 0.1) is 6.04 Å². The number of amides is 1. The second kappa shape index (κ2) is 9.09. The van der Waals surface area contributed by atoms with Crippen molar-refractivity contribution in [2.45, 2.75) is 19.4 Å². The topological polar surface area (TPSA) is 113 Å². The molecule has 3 aromatic carbocycles. The van der Waals surface area contributed by atoms with Gasteiger partial charge >= 0.3 is 5.97 Å². The van der Waals surface area contributed by atoms with Crippen LogP contribution in [0.4, 0.5) is 0 Å². The third-order valence-corrected chi connectivity index (χ3v) is 4.66. The molecule has 0 aromatic heterocycles. The number of rotatable bonds is 7. The van der Waals surface area contributed by atoms with E-state index < -0.39 is 24.5 Å². The number of carbonyl (C=O) groups excluding carboxylic acids is 3. The fourth-order valence-corrected chi connectivity index (χ4v) is 3.09. The van der Waals surface area contributed by atoms with E-state index in [-0.39, 0.29) is 28.2 Å². The molecule has 0 unspecified atom stereocenters. The molecule has 3 rings (SSSR count). The van der Waals surface area contributed by atoms with E-state index >= 15 is 0 Å². The van der Waals surface area contributed by atoms with Crippen LogP contribution in [0.5, 0.6) is 11.5 Å². The van der Waals surface area contributed by atoms with Crippen LogP contribution in [0.3, 0.4) is 0 Å². The molecule has 7 heteroatoms. The van der Waals surface area contributed by atoms with Gasteiger partial charge in [0.1, 0.15) is 17.1 Å². The Balaban J connectivity index is 1.65. The average Bonchev–Trinajstić information content (AvgIpc) is 2.75. The Morgan fingerprint density at radius 3 is 2.27 bits per heavy atom. The molecule has 0 saturated carbocycles. The molecule has 30 heavy (non-hydrogen) atoms. The van der Waals surface area contributed by atoms with Crippen molar-refractivity contribution in [2.24, 2.45) is 0 Å². The van der Waals surface area contributed by atoms with Crippen LogP contribution < -0.4 is 5.32 Å². The van der Waals surface area contributed by atoms with Gasteiger partial charge < -0.3 is 20.3 Å². The van der Waals surface area contributed by atoms with Gasteiger partial charge in [0, 0.05) is 10.8 Å². The Labute approximate surface area is 172 Å². The van der Waals surface area contributed by atoms with E-state index in [1.54, 1.807) is 24.3 Å². The fourth-order valence-electron chi connectivity index (χ4n) is 3.09. The van der Waals surface area contributed by atoms with Crippen molar-refractivity contribution in [3.05, 3.63) is 71.8 Å². The van der Waals surface area contributed by atoms with Gasteiger partial charge in [-0.2, -0.15) is 0 Å². The zero-order valence-electron chi connectivity index (χ0n) is 16.3. The molecule has 0 fully saturated rings. The van der Waals surface area contributed by atoms with E-state index in [2.05, 4.69) is 5.32 Å². The summed E-state index contributed by atoms with van der Waals surface area (Å²) in [5.74, 6) is -2.38. The van der Waals surface area contributed by atoms with Crippen molar-refractivity contribution in [3.63, 3.8) is 0 Å².